The van der Waals surface area contributed by atoms with Gasteiger partial charge in [-0.25, -0.2) is 4.79 Å². The summed E-state index contributed by atoms with van der Waals surface area (Å²) in [4.78, 5) is 45.1. The van der Waals surface area contributed by atoms with Crippen molar-refractivity contribution in [1.82, 2.24) is 14.7 Å². The van der Waals surface area contributed by atoms with Crippen LogP contribution in [0.5, 0.6) is 0 Å². The molecule has 0 aromatic heterocycles. The average Bonchev–Trinajstić information content (AvgIpc) is 2.84. The molecule has 0 saturated carbocycles. The molecule has 2 fully saturated rings. The molecule has 2 bridgehead atoms. The zero-order chi connectivity index (χ0) is 25.6. The molecule has 5 rings (SSSR count). The molecule has 2 aromatic rings. The van der Waals surface area contributed by atoms with Crippen molar-refractivity contribution >= 4 is 61.0 Å². The lowest BCUT2D eigenvalue weighted by Gasteiger charge is -2.54. The molecule has 10 heteroatoms. The van der Waals surface area contributed by atoms with E-state index < -0.39 is 0 Å². The molecular weight excluding hydrogens is 590 g/mol. The molecule has 0 aliphatic carbocycles. The Morgan fingerprint density at radius 2 is 1.67 bits per heavy atom. The summed E-state index contributed by atoms with van der Waals surface area (Å²) in [5.41, 5.74) is 8.96. The average molecular weight is 619 g/mol. The Bertz CT molecular complexity index is 1180. The van der Waals surface area contributed by atoms with Crippen LogP contribution in [0.4, 0.5) is 16.2 Å². The Balaban J connectivity index is 1.25. The van der Waals surface area contributed by atoms with Gasteiger partial charge in [-0.2, -0.15) is 0 Å². The normalized spacial score (nSPS) is 23.8. The van der Waals surface area contributed by atoms with Gasteiger partial charge in [0.1, 0.15) is 0 Å². The van der Waals surface area contributed by atoms with Crippen LogP contribution in [-0.2, 0) is 11.3 Å². The van der Waals surface area contributed by atoms with E-state index in [2.05, 4.69) is 55.2 Å². The van der Waals surface area contributed by atoms with Crippen LogP contribution >= 0.6 is 31.9 Å². The Labute approximate surface area is 227 Å². The fourth-order valence-electron chi connectivity index (χ4n) is 5.89. The van der Waals surface area contributed by atoms with Gasteiger partial charge in [-0.1, -0.05) is 18.2 Å². The van der Waals surface area contributed by atoms with E-state index in [4.69, 9.17) is 5.73 Å². The maximum absolute atomic E-state index is 13.2. The molecule has 0 spiro atoms. The van der Waals surface area contributed by atoms with E-state index in [1.54, 1.807) is 12.1 Å². The lowest BCUT2D eigenvalue weighted by molar-refractivity contribution is -0.138. The number of amides is 3. The zero-order valence-corrected chi connectivity index (χ0v) is 23.2. The predicted octanol–water partition coefficient (Wildman–Crippen LogP) is 4.19. The second-order valence-corrected chi connectivity index (χ2v) is 11.7. The molecule has 36 heavy (non-hydrogen) atoms. The summed E-state index contributed by atoms with van der Waals surface area (Å²) in [6, 6.07) is 11.3. The number of nitrogens with one attached hydrogen (secondary N) is 1. The van der Waals surface area contributed by atoms with Crippen molar-refractivity contribution in [3.05, 3.63) is 56.5 Å². The highest BCUT2D eigenvalue weighted by atomic mass is 79.9. The first-order valence-corrected chi connectivity index (χ1v) is 13.7. The fraction of sp³-hybridized carbons (Fsp3) is 0.423. The van der Waals surface area contributed by atoms with E-state index in [-0.39, 0.29) is 48.4 Å². The van der Waals surface area contributed by atoms with Crippen molar-refractivity contribution in [2.45, 2.75) is 25.4 Å². The Hall–Kier alpha value is -2.43. The molecule has 3 aliphatic rings. The number of hydrogen-bond donors (Lipinski definition) is 2. The SMILES string of the molecule is CN1CC2CN(C(=O)CCC(=O)c3cc(Br)c(N)c(Br)c3)CC(C1)C2N1Cc2ccccc2NC1=O. The molecule has 3 amide bonds. The number of urea groups is 1. The minimum absolute atomic E-state index is 0.0108. The van der Waals surface area contributed by atoms with Crippen molar-refractivity contribution in [2.24, 2.45) is 11.8 Å². The van der Waals surface area contributed by atoms with Crippen molar-refractivity contribution in [1.29, 1.82) is 0 Å². The van der Waals surface area contributed by atoms with Crippen LogP contribution in [0.25, 0.3) is 0 Å². The van der Waals surface area contributed by atoms with E-state index in [0.29, 0.717) is 39.8 Å². The summed E-state index contributed by atoms with van der Waals surface area (Å²) in [5.74, 6) is 0.205. The number of fused-ring (bicyclic) bond motifs is 3. The van der Waals surface area contributed by atoms with Crippen molar-refractivity contribution < 1.29 is 14.4 Å². The largest absolute Gasteiger partial charge is 0.397 e. The number of carbonyl (C=O) groups is 3. The minimum atomic E-state index is -0.0942. The highest BCUT2D eigenvalue weighted by Gasteiger charge is 2.47. The lowest BCUT2D eigenvalue weighted by Crippen LogP contribution is -2.66. The monoisotopic (exact) mass is 617 g/mol. The van der Waals surface area contributed by atoms with E-state index in [0.717, 1.165) is 24.3 Å². The maximum Gasteiger partial charge on any atom is 0.322 e. The summed E-state index contributed by atoms with van der Waals surface area (Å²) >= 11 is 6.75. The number of ketones is 1. The Kier molecular flexibility index (Phi) is 7.11. The number of nitrogens with two attached hydrogens (primary N) is 1. The number of rotatable bonds is 5. The van der Waals surface area contributed by atoms with E-state index >= 15 is 0 Å². The third-order valence-corrected chi connectivity index (χ3v) is 8.82. The molecule has 190 valence electrons. The highest BCUT2D eigenvalue weighted by Crippen LogP contribution is 2.36. The van der Waals surface area contributed by atoms with Crippen molar-refractivity contribution in [2.75, 3.05) is 44.3 Å². The van der Waals surface area contributed by atoms with Gasteiger partial charge in [0, 0.05) is 83.6 Å². The number of anilines is 2. The smallest absolute Gasteiger partial charge is 0.322 e. The number of halogens is 2. The van der Waals surface area contributed by atoms with Crippen LogP contribution in [0.2, 0.25) is 0 Å². The number of benzene rings is 2. The second-order valence-electron chi connectivity index (χ2n) is 10.0. The number of likely N-dealkylation sites (tertiary alicyclic amines) is 2. The van der Waals surface area contributed by atoms with Gasteiger partial charge in [0.25, 0.3) is 0 Å². The Morgan fingerprint density at radius 3 is 2.33 bits per heavy atom. The molecule has 0 radical (unpaired) electrons. The van der Waals surface area contributed by atoms with Crippen LogP contribution < -0.4 is 11.1 Å². The molecule has 3 aliphatic heterocycles. The number of nitrogen functional groups attached to an aromatic ring is 1. The topological polar surface area (TPSA) is 99.0 Å². The Morgan fingerprint density at radius 1 is 1.03 bits per heavy atom. The second kappa shape index (κ2) is 10.1. The molecule has 3 N–H and O–H groups in total. The summed E-state index contributed by atoms with van der Waals surface area (Å²) in [6.45, 7) is 3.40. The number of para-hydroxylation sites is 1. The van der Waals surface area contributed by atoms with Gasteiger partial charge in [0.2, 0.25) is 5.91 Å². The summed E-state index contributed by atoms with van der Waals surface area (Å²) in [7, 11) is 2.10. The molecule has 2 atom stereocenters. The fourth-order valence-corrected chi connectivity index (χ4v) is 7.08. The minimum Gasteiger partial charge on any atom is -0.397 e. The molecule has 2 saturated heterocycles. The van der Waals surface area contributed by atoms with Crippen LogP contribution in [-0.4, -0.2) is 71.7 Å². The van der Waals surface area contributed by atoms with E-state index in [1.165, 1.54) is 0 Å². The van der Waals surface area contributed by atoms with Crippen LogP contribution in [0, 0.1) is 11.8 Å². The van der Waals surface area contributed by atoms with Gasteiger partial charge in [-0.15, -0.1) is 0 Å². The van der Waals surface area contributed by atoms with Crippen LogP contribution in [0.3, 0.4) is 0 Å². The first-order chi connectivity index (χ1) is 17.2. The molecule has 3 heterocycles. The number of Topliss-reactive ketones (excluding diaryl/α,β-unsaturated/α-hetero) is 1. The number of hydrogen-bond acceptors (Lipinski definition) is 5. The first-order valence-electron chi connectivity index (χ1n) is 12.1. The third kappa shape index (κ3) is 4.90. The van der Waals surface area contributed by atoms with Gasteiger partial charge in [-0.3, -0.25) is 9.59 Å². The highest BCUT2D eigenvalue weighted by molar-refractivity contribution is 9.11. The van der Waals surface area contributed by atoms with Gasteiger partial charge < -0.3 is 25.8 Å². The number of piperidine rings is 2. The zero-order valence-electron chi connectivity index (χ0n) is 20.0. The van der Waals surface area contributed by atoms with Gasteiger partial charge >= 0.3 is 6.03 Å². The van der Waals surface area contributed by atoms with Gasteiger partial charge in [-0.05, 0) is 62.7 Å². The quantitative estimate of drug-likeness (QED) is 0.387. The summed E-state index contributed by atoms with van der Waals surface area (Å²) in [6.07, 6.45) is 0.304. The molecule has 2 aromatic carbocycles. The van der Waals surface area contributed by atoms with E-state index in [9.17, 15) is 14.4 Å². The maximum atomic E-state index is 13.2. The summed E-state index contributed by atoms with van der Waals surface area (Å²) in [5, 5.41) is 3.04. The van der Waals surface area contributed by atoms with Crippen molar-refractivity contribution in [3.8, 4) is 0 Å². The van der Waals surface area contributed by atoms with E-state index in [1.807, 2.05) is 28.0 Å². The standard InChI is InChI=1S/C26H29Br2N5O3/c1-31-10-17-12-32(23(35)7-6-22(34)16-8-19(27)24(29)20(28)9-16)13-18(11-31)25(17)33-14-15-4-2-3-5-21(15)30-26(33)36/h2-5,8-9,17-18,25H,6-7,10-14,29H2,1H3,(H,30,36). The number of carbonyl (C=O) groups excluding carboxylic acids is 3. The van der Waals surface area contributed by atoms with Crippen LogP contribution in [0.15, 0.2) is 45.3 Å². The molecule has 8 nitrogen and oxygen atoms in total. The molecule has 2 unspecified atom stereocenters. The summed E-state index contributed by atoms with van der Waals surface area (Å²) < 4.78 is 1.30. The lowest BCUT2D eigenvalue weighted by atomic mass is 9.78. The van der Waals surface area contributed by atoms with Crippen LogP contribution in [0.1, 0.15) is 28.8 Å². The predicted molar refractivity (Wildman–Crippen MR) is 146 cm³/mol. The third-order valence-electron chi connectivity index (χ3n) is 7.51. The van der Waals surface area contributed by atoms with Gasteiger partial charge in [0.05, 0.1) is 5.69 Å². The number of nitrogens with zero attached hydrogens (tertiary/aromatic N) is 3. The van der Waals surface area contributed by atoms with Gasteiger partial charge in [0.15, 0.2) is 5.78 Å². The first kappa shape index (κ1) is 25.2. The van der Waals surface area contributed by atoms with Crippen molar-refractivity contribution in [3.63, 3.8) is 0 Å². The molecular formula is C26H29Br2N5O3.